The number of rotatable bonds is 7. The second-order valence-corrected chi connectivity index (χ2v) is 6.88. The lowest BCUT2D eigenvalue weighted by Gasteiger charge is -2.18. The fourth-order valence-electron chi connectivity index (χ4n) is 2.42. The van der Waals surface area contributed by atoms with Crippen LogP contribution in [-0.4, -0.2) is 23.1 Å². The Morgan fingerprint density at radius 1 is 1.00 bits per heavy atom. The number of hydrogen-bond acceptors (Lipinski definition) is 3. The number of aromatic nitrogens is 2. The normalized spacial score (nSPS) is 11.9. The molecule has 0 aliphatic heterocycles. The van der Waals surface area contributed by atoms with E-state index in [2.05, 4.69) is 46.9 Å². The van der Waals surface area contributed by atoms with Gasteiger partial charge in [0.25, 0.3) is 0 Å². The second-order valence-electron chi connectivity index (χ2n) is 6.88. The van der Waals surface area contributed by atoms with Crippen molar-refractivity contribution in [1.82, 2.24) is 15.3 Å². The summed E-state index contributed by atoms with van der Waals surface area (Å²) in [5, 5.41) is 3.45. The Balaban J connectivity index is 2.64. The highest BCUT2D eigenvalue weighted by Gasteiger charge is 2.15. The highest BCUT2D eigenvalue weighted by Crippen LogP contribution is 2.20. The van der Waals surface area contributed by atoms with Crippen LogP contribution in [0.15, 0.2) is 0 Å². The minimum absolute atomic E-state index is 0.241. The minimum atomic E-state index is 0.241. The molecule has 1 N–H and O–H groups in total. The molecule has 0 aromatic carbocycles. The second kappa shape index (κ2) is 7.72. The Labute approximate surface area is 124 Å². The molecule has 0 atom stereocenters. The smallest absolute Gasteiger partial charge is 0.129 e. The van der Waals surface area contributed by atoms with E-state index >= 15 is 0 Å². The van der Waals surface area contributed by atoms with Crippen LogP contribution in [0.4, 0.5) is 0 Å². The molecule has 0 amide bonds. The van der Waals surface area contributed by atoms with E-state index in [4.69, 9.17) is 9.97 Å². The van der Waals surface area contributed by atoms with Gasteiger partial charge in [-0.3, -0.25) is 0 Å². The van der Waals surface area contributed by atoms with Crippen LogP contribution in [0, 0.1) is 19.3 Å². The van der Waals surface area contributed by atoms with Crippen LogP contribution >= 0.6 is 0 Å². The van der Waals surface area contributed by atoms with E-state index in [-0.39, 0.29) is 5.41 Å². The molecule has 3 heteroatoms. The lowest BCUT2D eigenvalue weighted by molar-refractivity contribution is 0.399. The van der Waals surface area contributed by atoms with Crippen molar-refractivity contribution in [2.45, 2.75) is 67.2 Å². The van der Waals surface area contributed by atoms with E-state index in [1.165, 1.54) is 12.0 Å². The number of aryl methyl sites for hydroxylation is 2. The van der Waals surface area contributed by atoms with E-state index in [0.717, 1.165) is 49.6 Å². The van der Waals surface area contributed by atoms with Crippen LogP contribution in [-0.2, 0) is 12.8 Å². The van der Waals surface area contributed by atoms with Gasteiger partial charge in [0.05, 0.1) is 0 Å². The standard InChI is InChI=1S/C17H31N3/c1-7-10-18-11-8-9-15-13(2)19-16(20-14(15)3)12-17(4,5)6/h18H,7-12H2,1-6H3. The summed E-state index contributed by atoms with van der Waals surface area (Å²) in [6.07, 6.45) is 4.36. The molecule has 114 valence electrons. The van der Waals surface area contributed by atoms with Crippen molar-refractivity contribution in [3.8, 4) is 0 Å². The Kier molecular flexibility index (Phi) is 6.60. The van der Waals surface area contributed by atoms with E-state index < -0.39 is 0 Å². The zero-order valence-corrected chi connectivity index (χ0v) is 14.1. The van der Waals surface area contributed by atoms with Crippen LogP contribution < -0.4 is 5.32 Å². The Bertz CT molecular complexity index is 396. The first-order chi connectivity index (χ1) is 9.33. The van der Waals surface area contributed by atoms with Crippen molar-refractivity contribution in [3.05, 3.63) is 22.8 Å². The molecule has 0 saturated heterocycles. The summed E-state index contributed by atoms with van der Waals surface area (Å²) in [4.78, 5) is 9.41. The topological polar surface area (TPSA) is 37.8 Å². The fraction of sp³-hybridized carbons (Fsp3) is 0.765. The molecule has 0 spiro atoms. The van der Waals surface area contributed by atoms with E-state index in [1.54, 1.807) is 0 Å². The van der Waals surface area contributed by atoms with Crippen LogP contribution in [0.5, 0.6) is 0 Å². The van der Waals surface area contributed by atoms with E-state index in [1.807, 2.05) is 0 Å². The van der Waals surface area contributed by atoms with Gasteiger partial charge in [0.15, 0.2) is 0 Å². The lowest BCUT2D eigenvalue weighted by atomic mass is 9.91. The molecule has 0 unspecified atom stereocenters. The van der Waals surface area contributed by atoms with Gasteiger partial charge >= 0.3 is 0 Å². The summed E-state index contributed by atoms with van der Waals surface area (Å²) >= 11 is 0. The molecule has 1 aromatic rings. The van der Waals surface area contributed by atoms with Gasteiger partial charge in [0, 0.05) is 17.8 Å². The maximum atomic E-state index is 4.70. The van der Waals surface area contributed by atoms with Gasteiger partial charge in [0.2, 0.25) is 0 Å². The Hall–Kier alpha value is -0.960. The molecule has 0 saturated carbocycles. The van der Waals surface area contributed by atoms with Gasteiger partial charge in [-0.25, -0.2) is 9.97 Å². The summed E-state index contributed by atoms with van der Waals surface area (Å²) in [5.74, 6) is 0.986. The van der Waals surface area contributed by atoms with Gasteiger partial charge < -0.3 is 5.32 Å². The van der Waals surface area contributed by atoms with Crippen molar-refractivity contribution < 1.29 is 0 Å². The zero-order valence-electron chi connectivity index (χ0n) is 14.1. The average molecular weight is 277 g/mol. The quantitative estimate of drug-likeness (QED) is 0.774. The summed E-state index contributed by atoms with van der Waals surface area (Å²) in [6, 6.07) is 0. The first kappa shape index (κ1) is 17.1. The van der Waals surface area contributed by atoms with E-state index in [0.29, 0.717) is 0 Å². The molecule has 0 bridgehead atoms. The lowest BCUT2D eigenvalue weighted by Crippen LogP contribution is -2.17. The molecule has 1 heterocycles. The van der Waals surface area contributed by atoms with Gasteiger partial charge in [-0.15, -0.1) is 0 Å². The monoisotopic (exact) mass is 277 g/mol. The molecule has 0 fully saturated rings. The van der Waals surface area contributed by atoms with Crippen molar-refractivity contribution in [2.75, 3.05) is 13.1 Å². The summed E-state index contributed by atoms with van der Waals surface area (Å²) < 4.78 is 0. The van der Waals surface area contributed by atoms with Crippen molar-refractivity contribution in [1.29, 1.82) is 0 Å². The first-order valence-electron chi connectivity index (χ1n) is 7.87. The minimum Gasteiger partial charge on any atom is -0.317 e. The number of nitrogens with one attached hydrogen (secondary N) is 1. The van der Waals surface area contributed by atoms with Crippen LogP contribution in [0.2, 0.25) is 0 Å². The highest BCUT2D eigenvalue weighted by atomic mass is 14.9. The van der Waals surface area contributed by atoms with Crippen LogP contribution in [0.3, 0.4) is 0 Å². The van der Waals surface area contributed by atoms with Gasteiger partial charge in [-0.1, -0.05) is 27.7 Å². The fourth-order valence-corrected chi connectivity index (χ4v) is 2.42. The van der Waals surface area contributed by atoms with Gasteiger partial charge in [-0.05, 0) is 57.2 Å². The van der Waals surface area contributed by atoms with Gasteiger partial charge in [-0.2, -0.15) is 0 Å². The molecule has 1 aromatic heterocycles. The van der Waals surface area contributed by atoms with Crippen LogP contribution in [0.25, 0.3) is 0 Å². The molecule has 3 nitrogen and oxygen atoms in total. The maximum absolute atomic E-state index is 4.70. The molecule has 1 rings (SSSR count). The van der Waals surface area contributed by atoms with Crippen molar-refractivity contribution in [2.24, 2.45) is 5.41 Å². The summed E-state index contributed by atoms with van der Waals surface area (Å²) in [6.45, 7) is 15.3. The molecule has 0 aliphatic carbocycles. The Morgan fingerprint density at radius 2 is 1.60 bits per heavy atom. The summed E-state index contributed by atoms with van der Waals surface area (Å²) in [5.41, 5.74) is 3.89. The molecular weight excluding hydrogens is 246 g/mol. The largest absolute Gasteiger partial charge is 0.317 e. The highest BCUT2D eigenvalue weighted by molar-refractivity contribution is 5.24. The number of nitrogens with zero attached hydrogens (tertiary/aromatic N) is 2. The van der Waals surface area contributed by atoms with Gasteiger partial charge in [0.1, 0.15) is 5.82 Å². The first-order valence-corrected chi connectivity index (χ1v) is 7.87. The van der Waals surface area contributed by atoms with E-state index in [9.17, 15) is 0 Å². The molecule has 0 radical (unpaired) electrons. The average Bonchev–Trinajstić information content (AvgIpc) is 2.29. The predicted molar refractivity (Wildman–Crippen MR) is 86.1 cm³/mol. The third-order valence-electron chi connectivity index (χ3n) is 3.36. The number of hydrogen-bond donors (Lipinski definition) is 1. The van der Waals surface area contributed by atoms with Crippen LogP contribution in [0.1, 0.15) is 63.3 Å². The third-order valence-corrected chi connectivity index (χ3v) is 3.36. The zero-order chi connectivity index (χ0) is 15.2. The van der Waals surface area contributed by atoms with Crippen molar-refractivity contribution in [3.63, 3.8) is 0 Å². The third kappa shape index (κ3) is 6.00. The molecule has 20 heavy (non-hydrogen) atoms. The summed E-state index contributed by atoms with van der Waals surface area (Å²) in [7, 11) is 0. The predicted octanol–water partition coefficient (Wildman–Crippen LogP) is 3.61. The molecule has 0 aliphatic rings. The maximum Gasteiger partial charge on any atom is 0.129 e. The SMILES string of the molecule is CCCNCCCc1c(C)nc(CC(C)(C)C)nc1C. The Morgan fingerprint density at radius 3 is 2.10 bits per heavy atom. The molecular formula is C17H31N3. The van der Waals surface area contributed by atoms with Crippen molar-refractivity contribution >= 4 is 0 Å².